The van der Waals surface area contributed by atoms with E-state index in [9.17, 15) is 0 Å². The van der Waals surface area contributed by atoms with Crippen molar-refractivity contribution in [1.82, 2.24) is 0 Å². The zero-order valence-electron chi connectivity index (χ0n) is 18.1. The number of methoxy groups -OCH3 is 6. The van der Waals surface area contributed by atoms with Crippen LogP contribution in [-0.4, -0.2) is 42.7 Å². The van der Waals surface area contributed by atoms with Gasteiger partial charge >= 0.3 is 0 Å². The van der Waals surface area contributed by atoms with Gasteiger partial charge in [-0.15, -0.1) is 0 Å². The Morgan fingerprint density at radius 3 is 0.900 bits per heavy atom. The molecule has 0 amide bonds. The Morgan fingerprint density at radius 2 is 0.667 bits per heavy atom. The molecule has 0 heterocycles. The molecule has 0 spiro atoms. The molecule has 0 saturated carbocycles. The number of benzene rings is 3. The quantitative estimate of drug-likeness (QED) is 0.517. The minimum absolute atomic E-state index is 0.683. The van der Waals surface area contributed by atoms with Crippen molar-refractivity contribution in [3.8, 4) is 56.8 Å². The Bertz CT molecular complexity index is 901. The third-order valence-electron chi connectivity index (χ3n) is 4.85. The molecule has 6 heteroatoms. The largest absolute Gasteiger partial charge is 0.497 e. The molecule has 30 heavy (non-hydrogen) atoms. The summed E-state index contributed by atoms with van der Waals surface area (Å²) in [7, 11) is 9.76. The molecule has 158 valence electrons. The number of ether oxygens (including phenoxy) is 6. The number of rotatable bonds is 8. The maximum atomic E-state index is 5.72. The third-order valence-corrected chi connectivity index (χ3v) is 4.85. The minimum atomic E-state index is 0.683. The van der Waals surface area contributed by atoms with Crippen molar-refractivity contribution in [3.63, 3.8) is 0 Å². The van der Waals surface area contributed by atoms with Crippen molar-refractivity contribution >= 4 is 0 Å². The first-order valence-electron chi connectivity index (χ1n) is 9.29. The highest BCUT2D eigenvalue weighted by Crippen LogP contribution is 2.43. The van der Waals surface area contributed by atoms with Gasteiger partial charge in [-0.05, 0) is 47.5 Å². The summed E-state index contributed by atoms with van der Waals surface area (Å²) in [5.74, 6) is 4.11. The molecule has 6 nitrogen and oxygen atoms in total. The Hall–Kier alpha value is -3.54. The molecule has 0 fully saturated rings. The van der Waals surface area contributed by atoms with Crippen LogP contribution in [0.4, 0.5) is 0 Å². The van der Waals surface area contributed by atoms with Gasteiger partial charge in [-0.3, -0.25) is 0 Å². The van der Waals surface area contributed by atoms with Crippen LogP contribution in [0.3, 0.4) is 0 Å². The van der Waals surface area contributed by atoms with Crippen LogP contribution < -0.4 is 28.4 Å². The highest BCUT2D eigenvalue weighted by atomic mass is 16.5. The Morgan fingerprint density at radius 1 is 0.367 bits per heavy atom. The fourth-order valence-electron chi connectivity index (χ4n) is 3.27. The van der Waals surface area contributed by atoms with Crippen LogP contribution in [-0.2, 0) is 0 Å². The van der Waals surface area contributed by atoms with Crippen molar-refractivity contribution in [2.45, 2.75) is 0 Å². The molecule has 0 bridgehead atoms. The lowest BCUT2D eigenvalue weighted by Gasteiger charge is -2.17. The Kier molecular flexibility index (Phi) is 6.57. The first-order valence-corrected chi connectivity index (χ1v) is 9.29. The number of hydrogen-bond acceptors (Lipinski definition) is 6. The maximum Gasteiger partial charge on any atom is 0.127 e. The summed E-state index contributed by atoms with van der Waals surface area (Å²) in [6.07, 6.45) is 0. The summed E-state index contributed by atoms with van der Waals surface area (Å²) in [5.41, 5.74) is 3.47. The normalized spacial score (nSPS) is 10.3. The van der Waals surface area contributed by atoms with Crippen molar-refractivity contribution in [2.75, 3.05) is 42.7 Å². The molecule has 0 saturated heterocycles. The Balaban J connectivity index is 2.22. The summed E-state index contributed by atoms with van der Waals surface area (Å²) in [5, 5.41) is 0. The molecule has 3 rings (SSSR count). The maximum absolute atomic E-state index is 5.72. The summed E-state index contributed by atoms with van der Waals surface area (Å²) < 4.78 is 33.1. The van der Waals surface area contributed by atoms with Gasteiger partial charge in [-0.25, -0.2) is 0 Å². The predicted octanol–water partition coefficient (Wildman–Crippen LogP) is 5.07. The first kappa shape index (κ1) is 21.2. The average molecular weight is 410 g/mol. The van der Waals surface area contributed by atoms with E-state index in [0.29, 0.717) is 34.5 Å². The van der Waals surface area contributed by atoms with Crippen LogP contribution >= 0.6 is 0 Å². The summed E-state index contributed by atoms with van der Waals surface area (Å²) >= 11 is 0. The second-order valence-electron chi connectivity index (χ2n) is 6.46. The van der Waals surface area contributed by atoms with E-state index >= 15 is 0 Å². The van der Waals surface area contributed by atoms with Crippen LogP contribution in [0.2, 0.25) is 0 Å². The molecule has 0 aliphatic carbocycles. The van der Waals surface area contributed by atoms with Gasteiger partial charge in [0.2, 0.25) is 0 Å². The topological polar surface area (TPSA) is 55.4 Å². The van der Waals surface area contributed by atoms with Gasteiger partial charge in [-0.2, -0.15) is 0 Å². The van der Waals surface area contributed by atoms with Crippen molar-refractivity contribution in [1.29, 1.82) is 0 Å². The molecular formula is C24H26O6. The zero-order valence-corrected chi connectivity index (χ0v) is 18.1. The van der Waals surface area contributed by atoms with Crippen LogP contribution in [0.15, 0.2) is 48.5 Å². The molecule has 0 N–H and O–H groups in total. The van der Waals surface area contributed by atoms with Gasteiger partial charge in [-0.1, -0.05) is 0 Å². The molecule has 0 aliphatic heterocycles. The smallest absolute Gasteiger partial charge is 0.127 e. The fourth-order valence-corrected chi connectivity index (χ4v) is 3.27. The van der Waals surface area contributed by atoms with E-state index in [1.165, 1.54) is 0 Å². The van der Waals surface area contributed by atoms with E-state index < -0.39 is 0 Å². The molecule has 0 aromatic heterocycles. The van der Waals surface area contributed by atoms with Gasteiger partial charge in [0.1, 0.15) is 34.5 Å². The van der Waals surface area contributed by atoms with Gasteiger partial charge in [0, 0.05) is 23.3 Å². The van der Waals surface area contributed by atoms with Crippen LogP contribution in [0, 0.1) is 0 Å². The van der Waals surface area contributed by atoms with E-state index in [1.807, 2.05) is 48.5 Å². The second-order valence-corrected chi connectivity index (χ2v) is 6.46. The van der Waals surface area contributed by atoms with E-state index in [0.717, 1.165) is 22.3 Å². The van der Waals surface area contributed by atoms with Crippen LogP contribution in [0.1, 0.15) is 0 Å². The molecule has 0 radical (unpaired) electrons. The van der Waals surface area contributed by atoms with E-state index in [-0.39, 0.29) is 0 Å². The SMILES string of the molecule is COc1cc(OC)cc(-c2cc(OC)c(-c3cc(OC)cc(OC)c3)cc2OC)c1. The van der Waals surface area contributed by atoms with E-state index in [1.54, 1.807) is 42.7 Å². The monoisotopic (exact) mass is 410 g/mol. The highest BCUT2D eigenvalue weighted by Gasteiger charge is 2.17. The minimum Gasteiger partial charge on any atom is -0.497 e. The lowest BCUT2D eigenvalue weighted by molar-refractivity contribution is 0.393. The first-order chi connectivity index (χ1) is 14.6. The van der Waals surface area contributed by atoms with Gasteiger partial charge in [0.25, 0.3) is 0 Å². The molecule has 3 aromatic rings. The lowest BCUT2D eigenvalue weighted by Crippen LogP contribution is -1.96. The third kappa shape index (κ3) is 4.22. The highest BCUT2D eigenvalue weighted by molar-refractivity contribution is 5.83. The summed E-state index contributed by atoms with van der Waals surface area (Å²) in [4.78, 5) is 0. The van der Waals surface area contributed by atoms with Gasteiger partial charge in [0.05, 0.1) is 42.7 Å². The molecule has 0 atom stereocenters. The predicted molar refractivity (Wildman–Crippen MR) is 117 cm³/mol. The van der Waals surface area contributed by atoms with E-state index in [4.69, 9.17) is 28.4 Å². The van der Waals surface area contributed by atoms with Crippen LogP contribution in [0.25, 0.3) is 22.3 Å². The molecule has 0 unspecified atom stereocenters. The zero-order chi connectivity index (χ0) is 21.7. The second kappa shape index (κ2) is 9.31. The lowest BCUT2D eigenvalue weighted by atomic mass is 9.97. The van der Waals surface area contributed by atoms with Gasteiger partial charge < -0.3 is 28.4 Å². The van der Waals surface area contributed by atoms with Gasteiger partial charge in [0.15, 0.2) is 0 Å². The molecule has 3 aromatic carbocycles. The van der Waals surface area contributed by atoms with Crippen LogP contribution in [0.5, 0.6) is 34.5 Å². The summed E-state index contributed by atoms with van der Waals surface area (Å²) in [6, 6.07) is 15.2. The average Bonchev–Trinajstić information content (AvgIpc) is 2.82. The molecular weight excluding hydrogens is 384 g/mol. The summed E-state index contributed by atoms with van der Waals surface area (Å²) in [6.45, 7) is 0. The Labute approximate surface area is 176 Å². The standard InChI is InChI=1S/C24H26O6/c1-25-17-7-15(8-18(11-17)26-2)21-13-24(30-6)22(14-23(21)29-5)16-9-19(27-3)12-20(10-16)28-4/h7-14H,1-6H3. The number of hydrogen-bond donors (Lipinski definition) is 0. The van der Waals surface area contributed by atoms with Crippen molar-refractivity contribution < 1.29 is 28.4 Å². The fraction of sp³-hybridized carbons (Fsp3) is 0.250. The van der Waals surface area contributed by atoms with E-state index in [2.05, 4.69) is 0 Å². The van der Waals surface area contributed by atoms with Crippen molar-refractivity contribution in [3.05, 3.63) is 48.5 Å². The molecule has 0 aliphatic rings. The van der Waals surface area contributed by atoms with Crippen molar-refractivity contribution in [2.24, 2.45) is 0 Å².